The Hall–Kier alpha value is -1.38. The lowest BCUT2D eigenvalue weighted by Crippen LogP contribution is -1.90. The van der Waals surface area contributed by atoms with Crippen molar-refractivity contribution in [1.29, 1.82) is 0 Å². The predicted molar refractivity (Wildman–Crippen MR) is 35.3 cm³/mol. The number of hydrogen-bond acceptors (Lipinski definition) is 3. The molecule has 9 heavy (non-hydrogen) atoms. The number of hydrogen-bond donors (Lipinski definition) is 2. The molecule has 0 spiro atoms. The molecule has 0 unspecified atom stereocenters. The summed E-state index contributed by atoms with van der Waals surface area (Å²) < 4.78 is 4.94. The van der Waals surface area contributed by atoms with Gasteiger partial charge in [0.15, 0.2) is 11.5 Å². The van der Waals surface area contributed by atoms with Gasteiger partial charge in [0, 0.05) is 0 Å². The molecule has 0 aliphatic carbocycles. The van der Waals surface area contributed by atoms with E-state index in [-0.39, 0.29) is 0 Å². The Balaban J connectivity index is 2.70. The van der Waals surface area contributed by atoms with Crippen molar-refractivity contribution in [3.63, 3.8) is 0 Å². The highest BCUT2D eigenvalue weighted by atomic mass is 16.6. The van der Waals surface area contributed by atoms with E-state index in [4.69, 9.17) is 16.2 Å². The van der Waals surface area contributed by atoms with Crippen LogP contribution >= 0.6 is 0 Å². The van der Waals surface area contributed by atoms with E-state index in [2.05, 4.69) is 0 Å². The van der Waals surface area contributed by atoms with E-state index in [0.717, 1.165) is 11.5 Å². The summed E-state index contributed by atoms with van der Waals surface area (Å²) in [6.45, 7) is 0. The van der Waals surface area contributed by atoms with Crippen LogP contribution in [0.2, 0.25) is 0 Å². The van der Waals surface area contributed by atoms with Crippen LogP contribution in [0.15, 0.2) is 12.1 Å². The monoisotopic (exact) mass is 122 g/mol. The molecule has 2 rings (SSSR count). The Morgan fingerprint density at radius 2 is 2.00 bits per heavy atom. The molecule has 1 aliphatic heterocycles. The van der Waals surface area contributed by atoms with Crippen LogP contribution in [0.3, 0.4) is 0 Å². The van der Waals surface area contributed by atoms with E-state index in [1.165, 1.54) is 0 Å². The molecule has 3 nitrogen and oxygen atoms in total. The van der Waals surface area contributed by atoms with Gasteiger partial charge in [-0.3, -0.25) is 0 Å². The summed E-state index contributed by atoms with van der Waals surface area (Å²) in [7, 11) is 0. The van der Waals surface area contributed by atoms with E-state index in [1.54, 1.807) is 12.1 Å². The molecule has 0 bridgehead atoms. The van der Waals surface area contributed by atoms with E-state index >= 15 is 0 Å². The summed E-state index contributed by atoms with van der Waals surface area (Å²) in [6, 6.07) is 3.54. The van der Waals surface area contributed by atoms with Gasteiger partial charge >= 0.3 is 0 Å². The van der Waals surface area contributed by atoms with Gasteiger partial charge in [-0.05, 0) is 12.1 Å². The molecular formula is C6H6N2O. The molecule has 0 radical (unpaired) electrons. The first-order chi connectivity index (χ1) is 4.29. The molecule has 0 atom stereocenters. The molecule has 0 amide bonds. The number of benzene rings is 1. The van der Waals surface area contributed by atoms with Gasteiger partial charge in [0.05, 0.1) is 5.69 Å². The van der Waals surface area contributed by atoms with Crippen molar-refractivity contribution < 1.29 is 4.74 Å². The van der Waals surface area contributed by atoms with E-state index < -0.39 is 0 Å². The fraction of sp³-hybridized carbons (Fsp3) is 0. The van der Waals surface area contributed by atoms with Gasteiger partial charge in [0.2, 0.25) is 0 Å². The average molecular weight is 122 g/mol. The van der Waals surface area contributed by atoms with Crippen molar-refractivity contribution >= 4 is 11.4 Å². The molecule has 1 aromatic rings. The number of ether oxygens (including phenoxy) is 1. The minimum absolute atomic E-state index is 0.563. The van der Waals surface area contributed by atoms with E-state index in [0.29, 0.717) is 11.4 Å². The van der Waals surface area contributed by atoms with Gasteiger partial charge in [-0.2, -0.15) is 0 Å². The van der Waals surface area contributed by atoms with Crippen LogP contribution in [0.5, 0.6) is 11.5 Å². The van der Waals surface area contributed by atoms with Crippen LogP contribution in [-0.2, 0) is 0 Å². The van der Waals surface area contributed by atoms with Gasteiger partial charge < -0.3 is 16.2 Å². The third kappa shape index (κ3) is 0.455. The topological polar surface area (TPSA) is 64.6 Å². The molecule has 1 heterocycles. The number of rotatable bonds is 0. The van der Waals surface area contributed by atoms with Crippen LogP contribution in [0.25, 0.3) is 0 Å². The zero-order valence-corrected chi connectivity index (χ0v) is 4.72. The van der Waals surface area contributed by atoms with Crippen molar-refractivity contribution in [2.24, 2.45) is 0 Å². The Morgan fingerprint density at radius 3 is 2.67 bits per heavy atom. The minimum atomic E-state index is 0.563. The van der Waals surface area contributed by atoms with Gasteiger partial charge in [-0.1, -0.05) is 0 Å². The molecule has 0 saturated carbocycles. The fourth-order valence-corrected chi connectivity index (χ4v) is 0.768. The third-order valence-electron chi connectivity index (χ3n) is 1.36. The molecule has 1 aliphatic rings. The summed E-state index contributed by atoms with van der Waals surface area (Å²) in [5, 5.41) is 0. The highest BCUT2D eigenvalue weighted by molar-refractivity contribution is 5.80. The smallest absolute Gasteiger partial charge is 0.195 e. The fourth-order valence-electron chi connectivity index (χ4n) is 0.768. The maximum atomic E-state index is 5.48. The first-order valence-corrected chi connectivity index (χ1v) is 2.65. The van der Waals surface area contributed by atoms with Crippen molar-refractivity contribution in [2.45, 2.75) is 0 Å². The van der Waals surface area contributed by atoms with Crippen molar-refractivity contribution in [3.05, 3.63) is 12.1 Å². The first kappa shape index (κ1) is 4.49. The number of nitrogens with two attached hydrogens (primary N) is 2. The molecule has 0 aromatic heterocycles. The Kier molecular flexibility index (Phi) is 0.563. The highest BCUT2D eigenvalue weighted by Crippen LogP contribution is 2.51. The van der Waals surface area contributed by atoms with Gasteiger partial charge in [-0.15, -0.1) is 0 Å². The molecule has 0 saturated heterocycles. The van der Waals surface area contributed by atoms with Crippen LogP contribution in [0, 0.1) is 0 Å². The normalized spacial score (nSPS) is 12.0. The molecule has 0 fully saturated rings. The van der Waals surface area contributed by atoms with Gasteiger partial charge in [0.1, 0.15) is 5.69 Å². The minimum Gasteiger partial charge on any atom is -0.447 e. The summed E-state index contributed by atoms with van der Waals surface area (Å²) in [6.07, 6.45) is 0. The standard InChI is InChI=1S/C6H6N2O/c7-3-1-2-4-6(9-4)5(3)8/h1-2H,7-8H2. The number of nitrogen functional groups attached to an aromatic ring is 2. The Morgan fingerprint density at radius 1 is 1.22 bits per heavy atom. The molecule has 4 N–H and O–H groups in total. The van der Waals surface area contributed by atoms with Gasteiger partial charge in [0.25, 0.3) is 0 Å². The zero-order chi connectivity index (χ0) is 6.43. The van der Waals surface area contributed by atoms with Gasteiger partial charge in [-0.25, -0.2) is 0 Å². The number of anilines is 2. The second-order valence-corrected chi connectivity index (χ2v) is 2.00. The second kappa shape index (κ2) is 1.13. The van der Waals surface area contributed by atoms with Crippen LogP contribution in [0.1, 0.15) is 0 Å². The average Bonchev–Trinajstić information content (AvgIpc) is 2.58. The molecule has 3 heteroatoms. The zero-order valence-electron chi connectivity index (χ0n) is 4.72. The van der Waals surface area contributed by atoms with E-state index in [1.807, 2.05) is 0 Å². The molecular weight excluding hydrogens is 116 g/mol. The Bertz CT molecular complexity index is 266. The second-order valence-electron chi connectivity index (χ2n) is 2.00. The lowest BCUT2D eigenvalue weighted by molar-refractivity contribution is 0.651. The van der Waals surface area contributed by atoms with Crippen LogP contribution < -0.4 is 16.2 Å². The quantitative estimate of drug-likeness (QED) is 0.404. The maximum Gasteiger partial charge on any atom is 0.195 e. The van der Waals surface area contributed by atoms with E-state index in [9.17, 15) is 0 Å². The van der Waals surface area contributed by atoms with Crippen molar-refractivity contribution in [1.82, 2.24) is 0 Å². The first-order valence-electron chi connectivity index (χ1n) is 2.65. The summed E-state index contributed by atoms with van der Waals surface area (Å²) in [4.78, 5) is 0. The number of fused-ring (bicyclic) bond motifs is 1. The molecule has 46 valence electrons. The lowest BCUT2D eigenvalue weighted by atomic mass is 10.3. The maximum absolute atomic E-state index is 5.48. The Labute approximate surface area is 52.2 Å². The predicted octanol–water partition coefficient (Wildman–Crippen LogP) is 0.957. The highest BCUT2D eigenvalue weighted by Gasteiger charge is 2.23. The van der Waals surface area contributed by atoms with Crippen LogP contribution in [-0.4, -0.2) is 0 Å². The third-order valence-corrected chi connectivity index (χ3v) is 1.36. The molecule has 1 aromatic carbocycles. The summed E-state index contributed by atoms with van der Waals surface area (Å²) >= 11 is 0. The van der Waals surface area contributed by atoms with Crippen LogP contribution in [0.4, 0.5) is 11.4 Å². The summed E-state index contributed by atoms with van der Waals surface area (Å²) in [5.74, 6) is 1.59. The summed E-state index contributed by atoms with van der Waals surface area (Å²) in [5.41, 5.74) is 12.1. The largest absolute Gasteiger partial charge is 0.447 e. The lowest BCUT2D eigenvalue weighted by Gasteiger charge is -1.90. The SMILES string of the molecule is Nc1ccc2c(c1N)O2. The van der Waals surface area contributed by atoms with Crippen molar-refractivity contribution in [2.75, 3.05) is 11.5 Å². The van der Waals surface area contributed by atoms with Crippen molar-refractivity contribution in [3.8, 4) is 11.5 Å².